The van der Waals surface area contributed by atoms with Gasteiger partial charge >= 0.3 is 0 Å². The molecule has 4 aliphatic heterocycles. The normalized spacial score (nSPS) is 21.4. The van der Waals surface area contributed by atoms with Crippen LogP contribution in [0.15, 0.2) is 185 Å². The SMILES string of the molecule is Cc1cc(N(c2c(C)cc(C(C)(C)C)cc2C)c2cccc3c2oc2ccccc23)cc(N2c3ccccc3C3(C)CCCCC23C)c1.Cc1cc2c3c(c1)N1c4c(cccc4C4(C)CCCCC14C)B3c1ccc3c(oc4ccccc43)c1N2c1c(C)cc(C(C)(C)C)cc1C. The Bertz CT molecular complexity index is 5260. The fraction of sp³-hybridized carbons (Fsp3) is 0.333. The Kier molecular flexibility index (Phi) is 13.5. The highest BCUT2D eigenvalue weighted by Gasteiger charge is 2.62. The Morgan fingerprint density at radius 1 is 0.423 bits per heavy atom. The number of fused-ring (bicyclic) bond motifs is 17. The Morgan fingerprint density at radius 3 is 1.60 bits per heavy atom. The summed E-state index contributed by atoms with van der Waals surface area (Å²) in [5.74, 6) is 0. The summed E-state index contributed by atoms with van der Waals surface area (Å²) in [6.45, 7) is 37.8. The standard InChI is InChI=1S/C45H45BN2O.C45H48N2O/c1-26-22-35-38-36(23-26)48-40-32(44(7)20-11-12-21-45(44,48)8)15-13-16-33(40)46(38)34-19-18-31-30-14-9-10-17-37(30)49-42(31)41(34)47(35)39-27(2)24-29(25-28(39)3)43(4,5)6;1-29-24-33(28-34(25-29)47-38-19-11-10-18-37(38)44(7)22-13-14-23-45(44,47)8)46(41-30(2)26-32(27-31(41)3)43(4,5)6)39-20-15-17-36-35-16-9-12-21-40(35)48-42(36)39/h9-10,13-19,22-25H,11-12,20-21H2,1-8H3;9-12,15-21,24-28H,13-14,22-23H2,1-8H3. The number of hydrogen-bond donors (Lipinski definition) is 0. The molecule has 0 radical (unpaired) electrons. The summed E-state index contributed by atoms with van der Waals surface area (Å²) in [5, 5.41) is 4.64. The van der Waals surface area contributed by atoms with Gasteiger partial charge < -0.3 is 28.4 Å². The summed E-state index contributed by atoms with van der Waals surface area (Å²) >= 11 is 0. The second kappa shape index (κ2) is 21.3. The highest BCUT2D eigenvalue weighted by atomic mass is 16.3. The number of para-hydroxylation sites is 5. The molecule has 0 bridgehead atoms. The average Bonchev–Trinajstić information content (AvgIpc) is 1.55. The summed E-state index contributed by atoms with van der Waals surface area (Å²) in [5.41, 5.74) is 34.4. The van der Waals surface area contributed by atoms with Crippen molar-refractivity contribution < 1.29 is 8.83 Å². The van der Waals surface area contributed by atoms with Gasteiger partial charge in [-0.05, 0) is 219 Å². The summed E-state index contributed by atoms with van der Waals surface area (Å²) in [6.07, 6.45) is 9.95. The first-order valence-corrected chi connectivity index (χ1v) is 36.1. The van der Waals surface area contributed by atoms with E-state index < -0.39 is 0 Å². The van der Waals surface area contributed by atoms with E-state index in [4.69, 9.17) is 8.83 Å². The van der Waals surface area contributed by atoms with E-state index in [-0.39, 0.29) is 39.5 Å². The molecule has 18 rings (SSSR count). The molecule has 6 nitrogen and oxygen atoms in total. The van der Waals surface area contributed by atoms with Crippen LogP contribution in [0.2, 0.25) is 0 Å². The van der Waals surface area contributed by atoms with Crippen molar-refractivity contribution in [2.24, 2.45) is 0 Å². The number of rotatable bonds is 5. The molecular formula is C90H93BN4O2. The van der Waals surface area contributed by atoms with Gasteiger partial charge in [0.2, 0.25) is 0 Å². The van der Waals surface area contributed by atoms with E-state index >= 15 is 0 Å². The van der Waals surface area contributed by atoms with Crippen LogP contribution in [-0.2, 0) is 21.7 Å². The molecule has 0 saturated heterocycles. The molecule has 10 aromatic carbocycles. The van der Waals surface area contributed by atoms with Crippen molar-refractivity contribution in [2.75, 3.05) is 19.6 Å². The quantitative estimate of drug-likeness (QED) is 0.160. The van der Waals surface area contributed by atoms with Crippen LogP contribution in [0.1, 0.15) is 176 Å². The molecule has 6 heterocycles. The largest absolute Gasteiger partial charge is 0.454 e. The third kappa shape index (κ3) is 8.70. The Balaban J connectivity index is 0.000000146. The van der Waals surface area contributed by atoms with Crippen LogP contribution >= 0.6 is 0 Å². The molecule has 12 aromatic rings. The predicted molar refractivity (Wildman–Crippen MR) is 413 cm³/mol. The number of hydrogen-bond acceptors (Lipinski definition) is 6. The summed E-state index contributed by atoms with van der Waals surface area (Å²) in [7, 11) is 0. The number of nitrogens with zero attached hydrogens (tertiary/aromatic N) is 4. The monoisotopic (exact) mass is 1270 g/mol. The molecule has 7 heteroatoms. The fourth-order valence-electron chi connectivity index (χ4n) is 19.8. The second-order valence-electron chi connectivity index (χ2n) is 33.1. The topological polar surface area (TPSA) is 39.2 Å². The van der Waals surface area contributed by atoms with Crippen LogP contribution < -0.4 is 36.0 Å². The summed E-state index contributed by atoms with van der Waals surface area (Å²) in [4.78, 5) is 10.6. The summed E-state index contributed by atoms with van der Waals surface area (Å²) < 4.78 is 13.7. The molecule has 0 amide bonds. The van der Waals surface area contributed by atoms with Crippen molar-refractivity contribution in [3.05, 3.63) is 232 Å². The van der Waals surface area contributed by atoms with Crippen LogP contribution in [0.3, 0.4) is 0 Å². The molecule has 6 aliphatic rings. The zero-order chi connectivity index (χ0) is 67.4. The van der Waals surface area contributed by atoms with Crippen LogP contribution in [0, 0.1) is 41.5 Å². The molecule has 4 unspecified atom stereocenters. The fourth-order valence-corrected chi connectivity index (χ4v) is 19.8. The molecule has 2 aliphatic carbocycles. The van der Waals surface area contributed by atoms with Crippen molar-refractivity contribution in [1.29, 1.82) is 0 Å². The minimum Gasteiger partial charge on any atom is -0.454 e. The second-order valence-corrected chi connectivity index (χ2v) is 33.1. The molecule has 2 fully saturated rings. The molecule has 97 heavy (non-hydrogen) atoms. The number of anilines is 10. The van der Waals surface area contributed by atoms with Gasteiger partial charge in [-0.2, -0.15) is 0 Å². The van der Waals surface area contributed by atoms with Gasteiger partial charge in [0.05, 0.1) is 33.8 Å². The van der Waals surface area contributed by atoms with Crippen LogP contribution in [0.25, 0.3) is 43.9 Å². The first-order chi connectivity index (χ1) is 46.3. The van der Waals surface area contributed by atoms with Gasteiger partial charge in [-0.25, -0.2) is 0 Å². The minimum atomic E-state index is -0.0101. The third-order valence-corrected chi connectivity index (χ3v) is 25.0. The molecular weight excluding hydrogens is 1180 g/mol. The predicted octanol–water partition coefficient (Wildman–Crippen LogP) is 23.2. The van der Waals surface area contributed by atoms with Gasteiger partial charge in [0, 0.05) is 66.5 Å². The Labute approximate surface area is 575 Å². The van der Waals surface area contributed by atoms with E-state index in [9.17, 15) is 0 Å². The van der Waals surface area contributed by atoms with E-state index in [1.807, 2.05) is 0 Å². The Morgan fingerprint density at radius 2 is 0.938 bits per heavy atom. The highest BCUT2D eigenvalue weighted by Crippen LogP contribution is 2.64. The van der Waals surface area contributed by atoms with Crippen molar-refractivity contribution in [1.82, 2.24) is 0 Å². The zero-order valence-corrected chi connectivity index (χ0v) is 60.1. The van der Waals surface area contributed by atoms with E-state index in [1.165, 1.54) is 174 Å². The first kappa shape index (κ1) is 61.6. The van der Waals surface area contributed by atoms with Crippen molar-refractivity contribution >= 4 is 124 Å². The molecule has 0 N–H and O–H groups in total. The van der Waals surface area contributed by atoms with E-state index in [0.717, 1.165) is 44.5 Å². The van der Waals surface area contributed by atoms with Gasteiger partial charge in [-0.3, -0.25) is 0 Å². The first-order valence-electron chi connectivity index (χ1n) is 36.1. The highest BCUT2D eigenvalue weighted by molar-refractivity contribution is 7.00. The molecule has 2 saturated carbocycles. The lowest BCUT2D eigenvalue weighted by molar-refractivity contribution is 0.195. The summed E-state index contributed by atoms with van der Waals surface area (Å²) in [6, 6.07) is 66.5. The molecule has 488 valence electrons. The van der Waals surface area contributed by atoms with Crippen molar-refractivity contribution in [3.8, 4) is 0 Å². The number of furan rings is 2. The van der Waals surface area contributed by atoms with Gasteiger partial charge in [0.1, 0.15) is 11.2 Å². The third-order valence-electron chi connectivity index (χ3n) is 25.0. The van der Waals surface area contributed by atoms with Gasteiger partial charge in [0.25, 0.3) is 6.71 Å². The minimum absolute atomic E-state index is 0.0101. The molecule has 4 atom stereocenters. The van der Waals surface area contributed by atoms with Crippen LogP contribution in [-0.4, -0.2) is 17.8 Å². The van der Waals surface area contributed by atoms with E-state index in [1.54, 1.807) is 5.56 Å². The lowest BCUT2D eigenvalue weighted by atomic mass is 9.33. The van der Waals surface area contributed by atoms with Gasteiger partial charge in [-0.1, -0.05) is 202 Å². The lowest BCUT2D eigenvalue weighted by Gasteiger charge is -2.53. The number of aryl methyl sites for hydroxylation is 6. The van der Waals surface area contributed by atoms with E-state index in [2.05, 4.69) is 306 Å². The smallest absolute Gasteiger partial charge is 0.252 e. The molecule has 0 spiro atoms. The number of benzene rings is 10. The van der Waals surface area contributed by atoms with Gasteiger partial charge in [-0.15, -0.1) is 0 Å². The maximum Gasteiger partial charge on any atom is 0.252 e. The Hall–Kier alpha value is -8.94. The van der Waals surface area contributed by atoms with Crippen LogP contribution in [0.5, 0.6) is 0 Å². The van der Waals surface area contributed by atoms with E-state index in [0.29, 0.717) is 0 Å². The van der Waals surface area contributed by atoms with Gasteiger partial charge in [0.15, 0.2) is 11.2 Å². The maximum atomic E-state index is 6.95. The maximum absolute atomic E-state index is 6.95. The van der Waals surface area contributed by atoms with Crippen LogP contribution in [0.4, 0.5) is 56.9 Å². The lowest BCUT2D eigenvalue weighted by Crippen LogP contribution is -2.64. The van der Waals surface area contributed by atoms with Crippen molar-refractivity contribution in [2.45, 2.75) is 195 Å². The van der Waals surface area contributed by atoms with Crippen molar-refractivity contribution in [3.63, 3.8) is 0 Å². The zero-order valence-electron chi connectivity index (χ0n) is 60.1. The average molecular weight is 1270 g/mol. The molecule has 2 aromatic heterocycles.